The van der Waals surface area contributed by atoms with E-state index in [0.29, 0.717) is 0 Å². The van der Waals surface area contributed by atoms with E-state index in [2.05, 4.69) is 369 Å². The molecule has 0 spiro atoms. The van der Waals surface area contributed by atoms with Gasteiger partial charge in [0, 0.05) is 19.5 Å². The quantitative estimate of drug-likeness (QED) is 0.0845. The number of benzene rings is 12. The molecule has 0 aliphatic carbocycles. The van der Waals surface area contributed by atoms with E-state index in [4.69, 9.17) is 0 Å². The van der Waals surface area contributed by atoms with Gasteiger partial charge in [-0.1, -0.05) is 361 Å². The molecule has 0 aliphatic heterocycles. The normalized spacial score (nSPS) is 10.6. The molecule has 12 aromatic rings. The maximum absolute atomic E-state index is 2.28. The molecule has 0 saturated heterocycles. The molecule has 0 aliphatic rings. The summed E-state index contributed by atoms with van der Waals surface area (Å²) in [5.74, 6) is 0. The Hall–Kier alpha value is -7.02. The van der Waals surface area contributed by atoms with E-state index in [9.17, 15) is 0 Å². The van der Waals surface area contributed by atoms with Crippen LogP contribution in [0.5, 0.6) is 0 Å². The Bertz CT molecular complexity index is 3450. The molecular weight excluding hydrogens is 1160 g/mol. The first-order valence-corrected chi connectivity index (χ1v) is 33.4. The van der Waals surface area contributed by atoms with Crippen LogP contribution in [0.2, 0.25) is 0 Å². The van der Waals surface area contributed by atoms with Crippen molar-refractivity contribution in [3.05, 3.63) is 361 Å². The van der Waals surface area contributed by atoms with E-state index < -0.39 is 31.7 Å². The average molecular weight is 1240 g/mol. The molecule has 0 fully saturated rings. The predicted octanol–water partition coefficient (Wildman–Crippen LogP) is 15.6. The first-order chi connectivity index (χ1) is 40.2. The van der Waals surface area contributed by atoms with Crippen LogP contribution in [0.15, 0.2) is 328 Å². The van der Waals surface area contributed by atoms with Crippen LogP contribution in [-0.2, 0) is 19.5 Å². The van der Waals surface area contributed by atoms with Crippen molar-refractivity contribution >= 4 is 95.3 Å². The van der Waals surface area contributed by atoms with Gasteiger partial charge in [-0.15, -0.1) is 0 Å². The van der Waals surface area contributed by atoms with E-state index in [-0.39, 0.29) is 19.5 Å². The molecule has 0 saturated carbocycles. The topological polar surface area (TPSA) is 0 Å². The van der Waals surface area contributed by atoms with Crippen LogP contribution in [0, 0.1) is 41.5 Å². The molecule has 83 heavy (non-hydrogen) atoms. The van der Waals surface area contributed by atoms with Crippen LogP contribution in [0.1, 0.15) is 33.4 Å². The van der Waals surface area contributed by atoms with Crippen molar-refractivity contribution in [2.45, 2.75) is 41.5 Å². The smallest absolute Gasteiger partial charge is 0 e. The summed E-state index contributed by atoms with van der Waals surface area (Å²) in [6.07, 6.45) is 0. The molecule has 12 rings (SSSR count). The monoisotopic (exact) mass is 1240 g/mol. The SMILES string of the molecule is Cc1ccc(P(c2ccc(C)cc2)c2ccc(C)cc2)cc1.Cc1ccc(P(c2ccccc2)c2ccc(C)cc2)cc1.Cc1ccc(P(c2ccccc2)c2ccccc2)cc1.[Rh].c1ccc(P(c2ccccc2)c2ccccc2)cc1. The molecule has 0 aromatic heterocycles. The average Bonchev–Trinajstić information content (AvgIpc) is 3.73. The minimum atomic E-state index is -0.483. The first-order valence-electron chi connectivity index (χ1n) is 28.1. The second-order valence-electron chi connectivity index (χ2n) is 20.4. The minimum Gasteiger partial charge on any atom is -0.0622 e. The molecule has 0 atom stereocenters. The van der Waals surface area contributed by atoms with E-state index in [0.717, 1.165) is 0 Å². The summed E-state index contributed by atoms with van der Waals surface area (Å²) in [5.41, 5.74) is 7.87. The maximum Gasteiger partial charge on any atom is 0 e. The zero-order valence-corrected chi connectivity index (χ0v) is 53.5. The number of hydrogen-bond acceptors (Lipinski definition) is 0. The van der Waals surface area contributed by atoms with Crippen LogP contribution in [0.25, 0.3) is 0 Å². The summed E-state index contributed by atoms with van der Waals surface area (Å²) in [5, 5.41) is 16.9. The Morgan fingerprint density at radius 3 is 0.337 bits per heavy atom. The van der Waals surface area contributed by atoms with E-state index in [1.165, 1.54) is 97.0 Å². The fourth-order valence-electron chi connectivity index (χ4n) is 9.41. The van der Waals surface area contributed by atoms with Gasteiger partial charge in [0.25, 0.3) is 0 Å². The van der Waals surface area contributed by atoms with Gasteiger partial charge in [-0.05, 0) is 137 Å². The summed E-state index contributed by atoms with van der Waals surface area (Å²) in [4.78, 5) is 0. The van der Waals surface area contributed by atoms with E-state index >= 15 is 0 Å². The van der Waals surface area contributed by atoms with Crippen LogP contribution in [0.4, 0.5) is 0 Å². The summed E-state index contributed by atoms with van der Waals surface area (Å²) in [7, 11) is -1.86. The molecule has 0 bridgehead atoms. The second kappa shape index (κ2) is 32.2. The van der Waals surface area contributed by atoms with Crippen LogP contribution in [0.3, 0.4) is 0 Å². The summed E-state index contributed by atoms with van der Waals surface area (Å²) in [6.45, 7) is 12.8. The van der Waals surface area contributed by atoms with Gasteiger partial charge in [0.05, 0.1) is 0 Å². The van der Waals surface area contributed by atoms with Gasteiger partial charge in [-0.2, -0.15) is 0 Å². The third-order valence-electron chi connectivity index (χ3n) is 13.8. The fraction of sp³-hybridized carbons (Fsp3) is 0.0769. The molecule has 0 heterocycles. The number of rotatable bonds is 12. The fourth-order valence-corrected chi connectivity index (χ4v) is 18.5. The third-order valence-corrected chi connectivity index (χ3v) is 23.6. The van der Waals surface area contributed by atoms with Gasteiger partial charge in [-0.3, -0.25) is 0 Å². The molecule has 0 N–H and O–H groups in total. The Balaban J connectivity index is 0.000000144. The van der Waals surface area contributed by atoms with Gasteiger partial charge < -0.3 is 0 Å². The van der Waals surface area contributed by atoms with Crippen molar-refractivity contribution in [1.29, 1.82) is 0 Å². The van der Waals surface area contributed by atoms with Crippen molar-refractivity contribution in [2.24, 2.45) is 0 Å². The van der Waals surface area contributed by atoms with E-state index in [1.54, 1.807) is 0 Å². The van der Waals surface area contributed by atoms with Crippen molar-refractivity contribution in [1.82, 2.24) is 0 Å². The van der Waals surface area contributed by atoms with Gasteiger partial charge in [0.15, 0.2) is 0 Å². The zero-order chi connectivity index (χ0) is 56.9. The molecule has 12 aromatic carbocycles. The van der Waals surface area contributed by atoms with Crippen molar-refractivity contribution in [3.63, 3.8) is 0 Å². The molecule has 0 amide bonds. The molecule has 5 heteroatoms. The molecule has 0 unspecified atom stereocenters. The Kier molecular flexibility index (Phi) is 24.0. The Morgan fingerprint density at radius 1 is 0.133 bits per heavy atom. The van der Waals surface area contributed by atoms with Gasteiger partial charge >= 0.3 is 0 Å². The van der Waals surface area contributed by atoms with Crippen molar-refractivity contribution < 1.29 is 19.5 Å². The van der Waals surface area contributed by atoms with Crippen LogP contribution in [-0.4, -0.2) is 0 Å². The molecule has 1 radical (unpaired) electrons. The van der Waals surface area contributed by atoms with Gasteiger partial charge in [0.1, 0.15) is 0 Å². The van der Waals surface area contributed by atoms with Crippen LogP contribution < -0.4 is 63.7 Å². The Labute approximate surface area is 513 Å². The molecular formula is C78H72P4Rh. The van der Waals surface area contributed by atoms with Gasteiger partial charge in [-0.25, -0.2) is 0 Å². The van der Waals surface area contributed by atoms with Crippen molar-refractivity contribution in [3.8, 4) is 0 Å². The largest absolute Gasteiger partial charge is 0.0622 e. The van der Waals surface area contributed by atoms with E-state index in [1.807, 2.05) is 0 Å². The zero-order valence-electron chi connectivity index (χ0n) is 48.3. The predicted molar refractivity (Wildman–Crippen MR) is 369 cm³/mol. The molecule has 0 nitrogen and oxygen atoms in total. The number of aryl methyl sites for hydroxylation is 6. The molecule has 413 valence electrons. The standard InChI is InChI=1S/C21H21P.C20H19P.C19H17P.C18H15P.Rh/c1-16-4-10-19(11-5-16)22(20-12-6-17(2)7-13-20)21-14-8-18(3)9-15-21;1-16-8-12-19(13-9-16)21(18-6-4-3-5-7-18)20-14-10-17(2)11-15-20;1-16-12-14-19(15-13-16)20(17-8-4-2-5-9-17)18-10-6-3-7-11-18;1-4-10-16(11-5-1)19(17-12-6-2-7-13-17)18-14-8-3-9-15-18;/h4-15H,1-3H3;3-15H,1-2H3;2-15H,1H3;1-15H;. The van der Waals surface area contributed by atoms with Gasteiger partial charge in [0.2, 0.25) is 0 Å². The number of hydrogen-bond donors (Lipinski definition) is 0. The summed E-state index contributed by atoms with van der Waals surface area (Å²) < 4.78 is 0. The Morgan fingerprint density at radius 2 is 0.229 bits per heavy atom. The summed E-state index contributed by atoms with van der Waals surface area (Å²) >= 11 is 0. The third kappa shape index (κ3) is 18.0. The second-order valence-corrected chi connectivity index (χ2v) is 29.2. The maximum atomic E-state index is 2.28. The summed E-state index contributed by atoms with van der Waals surface area (Å²) in [6, 6.07) is 119. The first kappa shape index (κ1) is 62.0. The minimum absolute atomic E-state index is 0. The van der Waals surface area contributed by atoms with Crippen LogP contribution >= 0.6 is 31.7 Å². The van der Waals surface area contributed by atoms with Crippen molar-refractivity contribution in [2.75, 3.05) is 0 Å².